The zero-order chi connectivity index (χ0) is 17.2. The Bertz CT molecular complexity index is 942. The number of alkyl halides is 1. The molecule has 2 aromatic carbocycles. The summed E-state index contributed by atoms with van der Waals surface area (Å²) in [4.78, 5) is 0. The van der Waals surface area contributed by atoms with Crippen LogP contribution in [0.4, 0.5) is 0 Å². The zero-order valence-electron chi connectivity index (χ0n) is 12.5. The van der Waals surface area contributed by atoms with E-state index in [-0.39, 0.29) is 5.03 Å². The highest BCUT2D eigenvalue weighted by atomic mass is 35.5. The van der Waals surface area contributed by atoms with Crippen LogP contribution in [-0.4, -0.2) is 8.42 Å². The van der Waals surface area contributed by atoms with Gasteiger partial charge < -0.3 is 5.21 Å². The van der Waals surface area contributed by atoms with Gasteiger partial charge in [0.15, 0.2) is 10.9 Å². The highest BCUT2D eigenvalue weighted by Gasteiger charge is 2.33. The van der Waals surface area contributed by atoms with Crippen molar-refractivity contribution in [1.82, 2.24) is 0 Å². The van der Waals surface area contributed by atoms with Crippen molar-refractivity contribution in [2.45, 2.75) is 9.74 Å². The molecule has 0 saturated carbocycles. The summed E-state index contributed by atoms with van der Waals surface area (Å²) < 4.78 is 24.1. The SMILES string of the molecule is O=S(=O)(c1cccc[n+]1[O-])C(Cl)c1ccc(-c2ccccc2)cc1. The number of nitrogens with zero attached hydrogens (tertiary/aromatic N) is 1. The molecule has 1 unspecified atom stereocenters. The molecule has 122 valence electrons. The maximum Gasteiger partial charge on any atom is 0.310 e. The van der Waals surface area contributed by atoms with Crippen molar-refractivity contribution in [1.29, 1.82) is 0 Å². The standard InChI is InChI=1S/C18H14ClNO3S/c19-18(24(22,23)17-8-4-5-13-20(17)21)16-11-9-15(10-12-16)14-6-2-1-3-7-14/h1-13,18H. The second-order valence-electron chi connectivity index (χ2n) is 5.21. The predicted octanol–water partition coefficient (Wildman–Crippen LogP) is 3.70. The summed E-state index contributed by atoms with van der Waals surface area (Å²) in [6, 6.07) is 20.9. The van der Waals surface area contributed by atoms with Gasteiger partial charge >= 0.3 is 5.03 Å². The van der Waals surface area contributed by atoms with E-state index < -0.39 is 14.5 Å². The van der Waals surface area contributed by atoms with E-state index in [9.17, 15) is 13.6 Å². The molecule has 0 aliphatic heterocycles. The maximum absolute atomic E-state index is 12.6. The lowest BCUT2D eigenvalue weighted by Crippen LogP contribution is -2.34. The van der Waals surface area contributed by atoms with E-state index in [1.165, 1.54) is 18.2 Å². The molecule has 0 amide bonds. The minimum Gasteiger partial charge on any atom is -0.618 e. The summed E-state index contributed by atoms with van der Waals surface area (Å²) in [6.07, 6.45) is 1.13. The van der Waals surface area contributed by atoms with Gasteiger partial charge in [0, 0.05) is 12.1 Å². The average molecular weight is 360 g/mol. The summed E-state index contributed by atoms with van der Waals surface area (Å²) in [7, 11) is -3.98. The largest absolute Gasteiger partial charge is 0.618 e. The van der Waals surface area contributed by atoms with Crippen molar-refractivity contribution in [3.63, 3.8) is 0 Å². The maximum atomic E-state index is 12.6. The lowest BCUT2D eigenvalue weighted by molar-refractivity contribution is -0.646. The van der Waals surface area contributed by atoms with Crippen molar-refractivity contribution in [3.8, 4) is 11.1 Å². The first kappa shape index (κ1) is 16.5. The van der Waals surface area contributed by atoms with Gasteiger partial charge in [0.2, 0.25) is 0 Å². The lowest BCUT2D eigenvalue weighted by atomic mass is 10.0. The van der Waals surface area contributed by atoms with Gasteiger partial charge in [0.1, 0.15) is 0 Å². The summed E-state index contributed by atoms with van der Waals surface area (Å²) in [6.45, 7) is 0. The minimum absolute atomic E-state index is 0.309. The molecule has 0 aliphatic carbocycles. The van der Waals surface area contributed by atoms with Crippen LogP contribution in [0.5, 0.6) is 0 Å². The first-order chi connectivity index (χ1) is 11.5. The molecule has 24 heavy (non-hydrogen) atoms. The van der Waals surface area contributed by atoms with Crippen LogP contribution in [0.3, 0.4) is 0 Å². The van der Waals surface area contributed by atoms with E-state index in [1.807, 2.05) is 42.5 Å². The van der Waals surface area contributed by atoms with E-state index in [1.54, 1.807) is 12.1 Å². The molecule has 6 heteroatoms. The van der Waals surface area contributed by atoms with E-state index in [4.69, 9.17) is 11.6 Å². The first-order valence-corrected chi connectivity index (χ1v) is 9.20. The Labute approximate surface area is 145 Å². The summed E-state index contributed by atoms with van der Waals surface area (Å²) in [5.41, 5.74) is 2.40. The molecule has 0 bridgehead atoms. The van der Waals surface area contributed by atoms with Gasteiger partial charge in [0.25, 0.3) is 9.84 Å². The van der Waals surface area contributed by atoms with Crippen molar-refractivity contribution in [3.05, 3.63) is 89.8 Å². The number of sulfone groups is 1. The fourth-order valence-corrected chi connectivity index (χ4v) is 4.10. The molecule has 0 saturated heterocycles. The van der Waals surface area contributed by atoms with Gasteiger partial charge in [-0.3, -0.25) is 0 Å². The number of rotatable bonds is 4. The Balaban J connectivity index is 1.93. The molecule has 0 N–H and O–H groups in total. The van der Waals surface area contributed by atoms with Crippen LogP contribution in [0.2, 0.25) is 0 Å². The van der Waals surface area contributed by atoms with Crippen molar-refractivity contribution >= 4 is 21.4 Å². The minimum atomic E-state index is -3.98. The monoisotopic (exact) mass is 359 g/mol. The number of halogens is 1. The number of pyridine rings is 1. The Kier molecular flexibility index (Phi) is 4.55. The third kappa shape index (κ3) is 3.13. The number of aromatic nitrogens is 1. The second kappa shape index (κ2) is 6.63. The van der Waals surface area contributed by atoms with E-state index >= 15 is 0 Å². The van der Waals surface area contributed by atoms with Crippen LogP contribution in [0.25, 0.3) is 11.1 Å². The normalized spacial score (nSPS) is 12.7. The summed E-state index contributed by atoms with van der Waals surface area (Å²) in [5.74, 6) is 0. The first-order valence-electron chi connectivity index (χ1n) is 7.22. The molecule has 1 atom stereocenters. The molecule has 0 fully saturated rings. The molecule has 0 spiro atoms. The topological polar surface area (TPSA) is 61.1 Å². The van der Waals surface area contributed by atoms with Crippen molar-refractivity contribution < 1.29 is 13.1 Å². The second-order valence-corrected chi connectivity index (χ2v) is 7.89. The van der Waals surface area contributed by atoms with Gasteiger partial charge in [0.05, 0.1) is 0 Å². The van der Waals surface area contributed by atoms with Gasteiger partial charge in [-0.2, -0.15) is 4.73 Å². The average Bonchev–Trinajstić information content (AvgIpc) is 2.62. The van der Waals surface area contributed by atoms with Crippen LogP contribution < -0.4 is 4.73 Å². The van der Waals surface area contributed by atoms with Crippen LogP contribution in [-0.2, 0) is 9.84 Å². The summed E-state index contributed by atoms with van der Waals surface area (Å²) in [5, 5.41) is 11.4. The van der Waals surface area contributed by atoms with Crippen LogP contribution >= 0.6 is 11.6 Å². The van der Waals surface area contributed by atoms with E-state index in [0.29, 0.717) is 10.3 Å². The van der Waals surface area contributed by atoms with E-state index in [2.05, 4.69) is 0 Å². The highest BCUT2D eigenvalue weighted by molar-refractivity contribution is 7.92. The molecular formula is C18H14ClNO3S. The zero-order valence-corrected chi connectivity index (χ0v) is 14.1. The van der Waals surface area contributed by atoms with Gasteiger partial charge in [-0.15, -0.1) is 0 Å². The van der Waals surface area contributed by atoms with Crippen molar-refractivity contribution in [2.75, 3.05) is 0 Å². The Morgan fingerprint density at radius 2 is 1.42 bits per heavy atom. The van der Waals surface area contributed by atoms with Crippen LogP contribution in [0.15, 0.2) is 84.0 Å². The fraction of sp³-hybridized carbons (Fsp3) is 0.0556. The van der Waals surface area contributed by atoms with Gasteiger partial charge in [-0.25, -0.2) is 8.42 Å². The molecule has 1 heterocycles. The number of hydrogen-bond acceptors (Lipinski definition) is 3. The van der Waals surface area contributed by atoms with Crippen LogP contribution in [0, 0.1) is 5.21 Å². The Hall–Kier alpha value is -2.37. The molecule has 0 radical (unpaired) electrons. The third-order valence-electron chi connectivity index (χ3n) is 3.63. The lowest BCUT2D eigenvalue weighted by Gasteiger charge is -2.12. The highest BCUT2D eigenvalue weighted by Crippen LogP contribution is 2.32. The van der Waals surface area contributed by atoms with Crippen LogP contribution in [0.1, 0.15) is 10.3 Å². The molecule has 4 nitrogen and oxygen atoms in total. The third-order valence-corrected chi connectivity index (χ3v) is 6.30. The smallest absolute Gasteiger partial charge is 0.310 e. The van der Waals surface area contributed by atoms with Gasteiger partial charge in [-0.1, -0.05) is 66.2 Å². The summed E-state index contributed by atoms with van der Waals surface area (Å²) >= 11 is 6.16. The van der Waals surface area contributed by atoms with E-state index in [0.717, 1.165) is 17.3 Å². The predicted molar refractivity (Wildman–Crippen MR) is 93.1 cm³/mol. The quantitative estimate of drug-likeness (QED) is 0.405. The van der Waals surface area contributed by atoms with Crippen molar-refractivity contribution in [2.24, 2.45) is 0 Å². The molecule has 3 aromatic rings. The molecule has 1 aromatic heterocycles. The number of hydrogen-bond donors (Lipinski definition) is 0. The Morgan fingerprint density at radius 1 is 0.833 bits per heavy atom. The molecule has 3 rings (SSSR count). The Morgan fingerprint density at radius 3 is 2.04 bits per heavy atom. The fourth-order valence-electron chi connectivity index (χ4n) is 2.38. The molecule has 0 aliphatic rings. The molecular weight excluding hydrogens is 346 g/mol. The van der Waals surface area contributed by atoms with Gasteiger partial charge in [-0.05, 0) is 22.8 Å². The number of benzene rings is 2.